The fraction of sp³-hybridized carbons (Fsp3) is 0.250. The van der Waals surface area contributed by atoms with Crippen molar-refractivity contribution in [1.29, 1.82) is 0 Å². The summed E-state index contributed by atoms with van der Waals surface area (Å²) in [7, 11) is 1.30. The van der Waals surface area contributed by atoms with Crippen LogP contribution in [-0.2, 0) is 14.3 Å². The molecule has 12 heteroatoms. The van der Waals surface area contributed by atoms with Gasteiger partial charge in [0.15, 0.2) is 16.3 Å². The molecule has 2 aliphatic heterocycles. The summed E-state index contributed by atoms with van der Waals surface area (Å²) in [6.45, 7) is 3.99. The van der Waals surface area contributed by atoms with Crippen LogP contribution in [-0.4, -0.2) is 37.0 Å². The maximum absolute atomic E-state index is 14.1. The van der Waals surface area contributed by atoms with Gasteiger partial charge in [-0.3, -0.25) is 9.36 Å². The van der Waals surface area contributed by atoms with Gasteiger partial charge in [0.05, 0.1) is 41.1 Å². The lowest BCUT2D eigenvalue weighted by molar-refractivity contribution is -0.139. The van der Waals surface area contributed by atoms with Gasteiger partial charge >= 0.3 is 11.9 Å². The van der Waals surface area contributed by atoms with Crippen LogP contribution in [0.1, 0.15) is 54.4 Å². The molecule has 4 aromatic rings. The Labute approximate surface area is 260 Å². The minimum atomic E-state index is -0.801. The molecule has 2 aromatic carbocycles. The van der Waals surface area contributed by atoms with Crippen LogP contribution in [0.5, 0.6) is 11.5 Å². The predicted molar refractivity (Wildman–Crippen MR) is 163 cm³/mol. The van der Waals surface area contributed by atoms with Gasteiger partial charge in [0, 0.05) is 16.7 Å². The second-order valence-corrected chi connectivity index (χ2v) is 11.4. The van der Waals surface area contributed by atoms with E-state index in [2.05, 4.69) is 0 Å². The Morgan fingerprint density at radius 3 is 2.68 bits per heavy atom. The number of hydrogen-bond acceptors (Lipinski definition) is 10. The van der Waals surface area contributed by atoms with E-state index in [9.17, 15) is 14.4 Å². The SMILES string of the molecule is CCCC1=C(C(=O)OCC)[C@H](c2ccc3c(c2)OCO3)n2c(s/c(=C/c3ccc(-c4cc(Cl)ccc4C(=O)OC)o3)c2=O)=N1. The summed E-state index contributed by atoms with van der Waals surface area (Å²) < 4.78 is 29.4. The number of furan rings is 1. The van der Waals surface area contributed by atoms with Gasteiger partial charge in [-0.1, -0.05) is 42.3 Å². The molecule has 2 aliphatic rings. The highest BCUT2D eigenvalue weighted by Crippen LogP contribution is 2.39. The first-order chi connectivity index (χ1) is 21.3. The predicted octanol–water partition coefficient (Wildman–Crippen LogP) is 5.01. The Morgan fingerprint density at radius 1 is 1.09 bits per heavy atom. The number of esters is 2. The van der Waals surface area contributed by atoms with Gasteiger partial charge in [-0.25, -0.2) is 14.6 Å². The number of carbonyl (C=O) groups excluding carboxylic acids is 2. The number of rotatable bonds is 8. The molecule has 6 rings (SSSR count). The number of nitrogens with zero attached hydrogens (tertiary/aromatic N) is 2. The number of halogens is 1. The van der Waals surface area contributed by atoms with E-state index >= 15 is 0 Å². The molecule has 226 valence electrons. The highest BCUT2D eigenvalue weighted by atomic mass is 35.5. The number of carbonyl (C=O) groups is 2. The van der Waals surface area contributed by atoms with Gasteiger partial charge in [0.2, 0.25) is 6.79 Å². The first-order valence-corrected chi connectivity index (χ1v) is 15.1. The van der Waals surface area contributed by atoms with Crippen LogP contribution in [0.2, 0.25) is 5.02 Å². The standard InChI is InChI=1S/C32H27ClN2O8S/c1-4-6-22-27(31(38)40-5-2)28(17-7-11-24-25(13-17)42-16-41-24)35-29(36)26(44-32(35)34-22)15-19-9-12-23(43-19)21-14-18(33)8-10-20(21)30(37)39-3/h7-15,28H,4-6,16H2,1-3H3/b26-15+/t28-/m0/s1. The third kappa shape index (κ3) is 5.33. The lowest BCUT2D eigenvalue weighted by Crippen LogP contribution is -2.40. The Kier molecular flexibility index (Phi) is 8.15. The largest absolute Gasteiger partial charge is 0.465 e. The van der Waals surface area contributed by atoms with E-state index in [4.69, 9.17) is 40.0 Å². The number of allylic oxidation sites excluding steroid dienone is 1. The molecule has 0 bridgehead atoms. The van der Waals surface area contributed by atoms with Crippen LogP contribution in [0.3, 0.4) is 0 Å². The fourth-order valence-electron chi connectivity index (χ4n) is 5.23. The van der Waals surface area contributed by atoms with E-state index in [1.165, 1.54) is 23.0 Å². The van der Waals surface area contributed by atoms with Crippen molar-refractivity contribution in [2.24, 2.45) is 4.99 Å². The first-order valence-electron chi connectivity index (χ1n) is 13.9. The van der Waals surface area contributed by atoms with E-state index in [1.807, 2.05) is 13.0 Å². The average Bonchev–Trinajstić information content (AvgIpc) is 3.75. The Hall–Kier alpha value is -4.61. The zero-order valence-corrected chi connectivity index (χ0v) is 25.6. The van der Waals surface area contributed by atoms with Gasteiger partial charge in [-0.2, -0.15) is 0 Å². The zero-order chi connectivity index (χ0) is 31.0. The minimum absolute atomic E-state index is 0.0879. The topological polar surface area (TPSA) is 119 Å². The van der Waals surface area contributed by atoms with Gasteiger partial charge < -0.3 is 23.4 Å². The molecular weight excluding hydrogens is 608 g/mol. The molecule has 44 heavy (non-hydrogen) atoms. The van der Waals surface area contributed by atoms with Crippen LogP contribution >= 0.6 is 22.9 Å². The van der Waals surface area contributed by atoms with Crippen LogP contribution in [0.25, 0.3) is 17.4 Å². The normalized spacial score (nSPS) is 15.6. The Morgan fingerprint density at radius 2 is 1.91 bits per heavy atom. The molecule has 0 aliphatic carbocycles. The van der Waals surface area contributed by atoms with Crippen LogP contribution in [0, 0.1) is 0 Å². The second-order valence-electron chi connectivity index (χ2n) is 9.91. The van der Waals surface area contributed by atoms with Crippen molar-refractivity contribution in [3.63, 3.8) is 0 Å². The van der Waals surface area contributed by atoms with Crippen LogP contribution < -0.4 is 24.4 Å². The number of thiazole rings is 1. The third-order valence-corrected chi connectivity index (χ3v) is 8.38. The Bertz CT molecular complexity index is 2000. The van der Waals surface area contributed by atoms with Crippen molar-refractivity contribution in [3.05, 3.63) is 101 Å². The molecule has 0 fully saturated rings. The first kappa shape index (κ1) is 29.5. The van der Waals surface area contributed by atoms with Crippen LogP contribution in [0.4, 0.5) is 0 Å². The quantitative estimate of drug-likeness (QED) is 0.248. The number of benzene rings is 2. The van der Waals surface area contributed by atoms with E-state index in [0.717, 1.165) is 6.42 Å². The summed E-state index contributed by atoms with van der Waals surface area (Å²) in [5.74, 6) is 0.790. The van der Waals surface area contributed by atoms with Crippen molar-refractivity contribution in [3.8, 4) is 22.8 Å². The van der Waals surface area contributed by atoms with Crippen molar-refractivity contribution in [2.75, 3.05) is 20.5 Å². The second kappa shape index (κ2) is 12.2. The molecule has 0 saturated heterocycles. The molecule has 0 radical (unpaired) electrons. The smallest absolute Gasteiger partial charge is 0.338 e. The number of methoxy groups -OCH3 is 1. The number of fused-ring (bicyclic) bond motifs is 2. The zero-order valence-electron chi connectivity index (χ0n) is 24.0. The molecule has 10 nitrogen and oxygen atoms in total. The molecular formula is C32H27ClN2O8S. The lowest BCUT2D eigenvalue weighted by atomic mass is 9.94. The van der Waals surface area contributed by atoms with E-state index < -0.39 is 18.0 Å². The molecule has 2 aromatic heterocycles. The van der Waals surface area contributed by atoms with Gasteiger partial charge in [-0.05, 0) is 61.4 Å². The van der Waals surface area contributed by atoms with E-state index in [0.29, 0.717) is 66.2 Å². The number of ether oxygens (including phenoxy) is 4. The van der Waals surface area contributed by atoms with Gasteiger partial charge in [0.25, 0.3) is 5.56 Å². The monoisotopic (exact) mass is 634 g/mol. The summed E-state index contributed by atoms with van der Waals surface area (Å²) in [6, 6.07) is 12.7. The number of aromatic nitrogens is 1. The summed E-state index contributed by atoms with van der Waals surface area (Å²) in [4.78, 5) is 45.0. The maximum atomic E-state index is 14.1. The molecule has 0 N–H and O–H groups in total. The lowest BCUT2D eigenvalue weighted by Gasteiger charge is -2.25. The van der Waals surface area contributed by atoms with Gasteiger partial charge in [0.1, 0.15) is 11.5 Å². The number of hydrogen-bond donors (Lipinski definition) is 0. The molecule has 0 saturated carbocycles. The third-order valence-electron chi connectivity index (χ3n) is 7.16. The maximum Gasteiger partial charge on any atom is 0.338 e. The van der Waals surface area contributed by atoms with Crippen molar-refractivity contribution in [2.45, 2.75) is 32.7 Å². The highest BCUT2D eigenvalue weighted by molar-refractivity contribution is 7.07. The van der Waals surface area contributed by atoms with Crippen molar-refractivity contribution in [1.82, 2.24) is 4.57 Å². The van der Waals surface area contributed by atoms with Gasteiger partial charge in [-0.15, -0.1) is 0 Å². The summed E-state index contributed by atoms with van der Waals surface area (Å²) >= 11 is 7.39. The molecule has 0 unspecified atom stereocenters. The molecule has 1 atom stereocenters. The highest BCUT2D eigenvalue weighted by Gasteiger charge is 2.35. The molecule has 4 heterocycles. The summed E-state index contributed by atoms with van der Waals surface area (Å²) in [6.07, 6.45) is 2.86. The fourth-order valence-corrected chi connectivity index (χ4v) is 6.40. The van der Waals surface area contributed by atoms with Crippen LogP contribution in [0.15, 0.2) is 74.0 Å². The summed E-state index contributed by atoms with van der Waals surface area (Å²) in [5, 5.41) is 0.419. The van der Waals surface area contributed by atoms with Crippen molar-refractivity contribution < 1.29 is 33.0 Å². The van der Waals surface area contributed by atoms with Crippen molar-refractivity contribution >= 4 is 41.0 Å². The van der Waals surface area contributed by atoms with E-state index in [1.54, 1.807) is 55.5 Å². The minimum Gasteiger partial charge on any atom is -0.465 e. The Balaban J connectivity index is 1.50. The summed E-state index contributed by atoms with van der Waals surface area (Å²) in [5.41, 5.74) is 1.92. The average molecular weight is 635 g/mol. The molecule has 0 spiro atoms. The molecule has 0 amide bonds. The van der Waals surface area contributed by atoms with E-state index in [-0.39, 0.29) is 24.5 Å².